The van der Waals surface area contributed by atoms with E-state index in [0.29, 0.717) is 0 Å². The Labute approximate surface area is 358 Å². The Morgan fingerprint density at radius 2 is 0.639 bits per heavy atom. The van der Waals surface area contributed by atoms with E-state index < -0.39 is 0 Å². The molecule has 0 N–H and O–H groups in total. The summed E-state index contributed by atoms with van der Waals surface area (Å²) < 4.78 is 14.0. The van der Waals surface area contributed by atoms with Gasteiger partial charge in [0.05, 0.1) is 0 Å². The van der Waals surface area contributed by atoms with Crippen LogP contribution in [0.1, 0.15) is 0 Å². The summed E-state index contributed by atoms with van der Waals surface area (Å²) in [7, 11) is 0. The molecule has 4 nitrogen and oxygen atoms in total. The summed E-state index contributed by atoms with van der Waals surface area (Å²) in [5, 5.41) is 2.26. The highest BCUT2D eigenvalue weighted by Gasteiger charge is 2.55. The molecule has 1 aromatic heterocycles. The quantitative estimate of drug-likeness (QED) is 0.143. The van der Waals surface area contributed by atoms with Crippen LogP contribution in [0.15, 0.2) is 247 Å². The van der Waals surface area contributed by atoms with Gasteiger partial charge >= 0.3 is 20.9 Å². The number of nitrogens with zero attached hydrogens (tertiary/aromatic N) is 3. The van der Waals surface area contributed by atoms with Crippen molar-refractivity contribution in [3.63, 3.8) is 0 Å². The van der Waals surface area contributed by atoms with Crippen LogP contribution in [0.3, 0.4) is 0 Å². The minimum absolute atomic E-state index is 0.193. The van der Waals surface area contributed by atoms with Crippen molar-refractivity contribution >= 4 is 76.3 Å². The molecule has 0 atom stereocenters. The van der Waals surface area contributed by atoms with Crippen LogP contribution in [0.2, 0.25) is 0 Å². The van der Waals surface area contributed by atoms with E-state index in [2.05, 4.69) is 245 Å². The fraction of sp³-hybridized carbons (Fsp3) is 0. The van der Waals surface area contributed by atoms with Crippen molar-refractivity contribution in [3.05, 3.63) is 243 Å². The van der Waals surface area contributed by atoms with E-state index >= 15 is 0 Å². The molecule has 2 heterocycles. The number of benzene rings is 9. The molecule has 0 aliphatic carbocycles. The lowest BCUT2D eigenvalue weighted by Crippen LogP contribution is -2.86. The molecule has 0 saturated carbocycles. The Morgan fingerprint density at radius 3 is 1.16 bits per heavy atom. The molecule has 7 heteroatoms. The maximum Gasteiger partial charge on any atom is 0.388 e. The summed E-state index contributed by atoms with van der Waals surface area (Å²) in [6.45, 7) is -0.621. The molecule has 1 aliphatic rings. The lowest BCUT2D eigenvalue weighted by Gasteiger charge is -2.57. The number of fused-ring (bicyclic) bond motifs is 3. The van der Waals surface area contributed by atoms with Crippen LogP contribution >= 0.6 is 0 Å². The van der Waals surface area contributed by atoms with E-state index in [9.17, 15) is 0 Å². The zero-order valence-corrected chi connectivity index (χ0v) is 33.6. The van der Waals surface area contributed by atoms with E-state index in [4.69, 9.17) is 4.42 Å². The first kappa shape index (κ1) is 36.5. The average Bonchev–Trinajstić information content (AvgIpc) is 3.72. The Morgan fingerprint density at radius 1 is 0.262 bits per heavy atom. The SMILES string of the molecule is c1ccc(B2N(c3ccccc3)B(c3ccccc3)N(c3ccccc3)B(c3cccc(-c4cccc(-c5ccc6oc7ccccc7c6c5)c4)c3)N2c2ccccc2)cc1. The van der Waals surface area contributed by atoms with E-state index in [1.807, 2.05) is 12.1 Å². The van der Waals surface area contributed by atoms with Gasteiger partial charge in [-0.1, -0.05) is 182 Å². The van der Waals surface area contributed by atoms with E-state index in [-0.39, 0.29) is 20.9 Å². The van der Waals surface area contributed by atoms with Gasteiger partial charge in [-0.05, 0) is 99.3 Å². The predicted octanol–water partition coefficient (Wildman–Crippen LogP) is 10.9. The third-order valence-corrected chi connectivity index (χ3v) is 12.0. The van der Waals surface area contributed by atoms with Crippen LogP contribution in [0.25, 0.3) is 44.2 Å². The summed E-state index contributed by atoms with van der Waals surface area (Å²) in [5.74, 6) is 0. The van der Waals surface area contributed by atoms with Gasteiger partial charge in [0.25, 0.3) is 0 Å². The van der Waals surface area contributed by atoms with Gasteiger partial charge in [-0.25, -0.2) is 0 Å². The first-order valence-electron chi connectivity index (χ1n) is 21.0. The van der Waals surface area contributed by atoms with Crippen LogP contribution in [-0.4, -0.2) is 20.9 Å². The van der Waals surface area contributed by atoms with E-state index in [1.165, 1.54) is 16.4 Å². The van der Waals surface area contributed by atoms with Gasteiger partial charge in [0.1, 0.15) is 11.2 Å². The van der Waals surface area contributed by atoms with Gasteiger partial charge in [-0.3, -0.25) is 0 Å². The molecule has 286 valence electrons. The minimum Gasteiger partial charge on any atom is -0.456 e. The predicted molar refractivity (Wildman–Crippen MR) is 260 cm³/mol. The summed E-state index contributed by atoms with van der Waals surface area (Å²) in [4.78, 5) is 0. The second-order valence-corrected chi connectivity index (χ2v) is 15.7. The van der Waals surface area contributed by atoms with Gasteiger partial charge in [0.2, 0.25) is 0 Å². The van der Waals surface area contributed by atoms with Gasteiger partial charge < -0.3 is 18.6 Å². The summed E-state index contributed by atoms with van der Waals surface area (Å²) in [6, 6.07) is 87.7. The molecule has 0 unspecified atom stereocenters. The van der Waals surface area contributed by atoms with Gasteiger partial charge in [-0.2, -0.15) is 0 Å². The number of anilines is 3. The topological polar surface area (TPSA) is 22.9 Å². The summed E-state index contributed by atoms with van der Waals surface area (Å²) in [6.07, 6.45) is 0. The van der Waals surface area contributed by atoms with Crippen LogP contribution in [0.4, 0.5) is 17.1 Å². The first-order chi connectivity index (χ1) is 30.3. The number of furan rings is 1. The fourth-order valence-electron chi connectivity index (χ4n) is 9.33. The number of hydrogen-bond acceptors (Lipinski definition) is 4. The van der Waals surface area contributed by atoms with Crippen LogP contribution in [0, 0.1) is 0 Å². The highest BCUT2D eigenvalue weighted by molar-refractivity contribution is 7.14. The fourth-order valence-corrected chi connectivity index (χ4v) is 9.33. The Bertz CT molecular complexity index is 2990. The number of hydrogen-bond donors (Lipinski definition) is 0. The van der Waals surface area contributed by atoms with Crippen molar-refractivity contribution in [3.8, 4) is 22.3 Å². The lowest BCUT2D eigenvalue weighted by atomic mass is 9.37. The van der Waals surface area contributed by atoms with Crippen molar-refractivity contribution in [1.82, 2.24) is 0 Å². The van der Waals surface area contributed by atoms with Gasteiger partial charge in [-0.15, -0.1) is 0 Å². The molecule has 61 heavy (non-hydrogen) atoms. The Kier molecular flexibility index (Phi) is 9.48. The molecule has 0 spiro atoms. The molecule has 1 fully saturated rings. The van der Waals surface area contributed by atoms with Crippen molar-refractivity contribution in [2.24, 2.45) is 0 Å². The highest BCUT2D eigenvalue weighted by Crippen LogP contribution is 2.36. The maximum atomic E-state index is 6.18. The standard InChI is InChI=1S/C54H40B3N3O/c1-6-23-45(24-7-1)55-58(48-28-10-3-11-29-48)56(46-25-8-2-9-26-46)60(50-32-14-5-15-33-50)57(59(55)49-30-12-4-13-31-49)47-27-19-22-43(39-47)41-20-18-21-42(38-41)44-36-37-54-52(40-44)51-34-16-17-35-53(51)61-54/h1-40H. The van der Waals surface area contributed by atoms with Crippen molar-refractivity contribution in [1.29, 1.82) is 0 Å². The van der Waals surface area contributed by atoms with Crippen LogP contribution in [-0.2, 0) is 0 Å². The smallest absolute Gasteiger partial charge is 0.388 e. The van der Waals surface area contributed by atoms with Gasteiger partial charge in [0, 0.05) is 27.8 Å². The van der Waals surface area contributed by atoms with E-state index in [0.717, 1.165) is 61.3 Å². The molecule has 11 rings (SSSR count). The third-order valence-electron chi connectivity index (χ3n) is 12.0. The molecule has 1 saturated heterocycles. The van der Waals surface area contributed by atoms with Crippen molar-refractivity contribution in [2.75, 3.05) is 14.2 Å². The third kappa shape index (κ3) is 6.74. The van der Waals surface area contributed by atoms with Crippen LogP contribution < -0.4 is 30.6 Å². The number of para-hydroxylation sites is 4. The summed E-state index contributed by atoms with van der Waals surface area (Å²) in [5.41, 5.74) is 13.5. The molecule has 0 amide bonds. The Hall–Kier alpha value is -7.63. The van der Waals surface area contributed by atoms with E-state index in [1.54, 1.807) is 0 Å². The highest BCUT2D eigenvalue weighted by atomic mass is 16.3. The second-order valence-electron chi connectivity index (χ2n) is 15.7. The lowest BCUT2D eigenvalue weighted by molar-refractivity contribution is 0.669. The van der Waals surface area contributed by atoms with Gasteiger partial charge in [0.15, 0.2) is 0 Å². The maximum absolute atomic E-state index is 6.18. The molecule has 9 aromatic carbocycles. The molecule has 0 radical (unpaired) electrons. The summed E-state index contributed by atoms with van der Waals surface area (Å²) >= 11 is 0. The molecule has 10 aromatic rings. The zero-order valence-electron chi connectivity index (χ0n) is 33.6. The molecule has 0 bridgehead atoms. The molecular formula is C54H40B3N3O. The van der Waals surface area contributed by atoms with Crippen molar-refractivity contribution in [2.45, 2.75) is 0 Å². The van der Waals surface area contributed by atoms with Crippen molar-refractivity contribution < 1.29 is 4.42 Å². The number of rotatable bonds is 8. The molecule has 1 aliphatic heterocycles. The normalized spacial score (nSPS) is 13.0. The molecular weight excluding hydrogens is 739 g/mol. The minimum atomic E-state index is -0.236. The largest absolute Gasteiger partial charge is 0.456 e. The zero-order chi connectivity index (χ0) is 40.5. The average molecular weight is 779 g/mol. The monoisotopic (exact) mass is 779 g/mol. The van der Waals surface area contributed by atoms with Crippen LogP contribution in [0.5, 0.6) is 0 Å². The second kappa shape index (κ2) is 15.9. The Balaban J connectivity index is 1.12. The first-order valence-corrected chi connectivity index (χ1v) is 21.0.